The van der Waals surface area contributed by atoms with E-state index in [0.29, 0.717) is 6.04 Å². The lowest BCUT2D eigenvalue weighted by Crippen LogP contribution is -2.28. The van der Waals surface area contributed by atoms with Crippen molar-refractivity contribution in [1.82, 2.24) is 5.32 Å². The third-order valence-corrected chi connectivity index (χ3v) is 4.31. The van der Waals surface area contributed by atoms with Gasteiger partial charge in [0.2, 0.25) is 0 Å². The van der Waals surface area contributed by atoms with Crippen molar-refractivity contribution in [1.29, 1.82) is 0 Å². The fourth-order valence-electron chi connectivity index (χ4n) is 1.81. The van der Waals surface area contributed by atoms with Crippen molar-refractivity contribution in [3.05, 3.63) is 32.9 Å². The second kappa shape index (κ2) is 8.12. The van der Waals surface area contributed by atoms with Crippen LogP contribution in [0.5, 0.6) is 0 Å². The minimum Gasteiger partial charge on any atom is -0.377 e. The summed E-state index contributed by atoms with van der Waals surface area (Å²) < 4.78 is 7.13. The lowest BCUT2D eigenvalue weighted by Gasteiger charge is -2.22. The molecule has 102 valence electrons. The number of ether oxygens (including phenoxy) is 1. The molecular formula is C15H24INO. The summed E-state index contributed by atoms with van der Waals surface area (Å²) in [5.41, 5.74) is 2.69. The van der Waals surface area contributed by atoms with Crippen LogP contribution < -0.4 is 5.32 Å². The van der Waals surface area contributed by atoms with E-state index in [1.807, 2.05) is 0 Å². The first-order chi connectivity index (χ1) is 8.56. The molecule has 0 amide bonds. The molecule has 0 aliphatic carbocycles. The summed E-state index contributed by atoms with van der Waals surface area (Å²) >= 11 is 2.43. The molecular weight excluding hydrogens is 337 g/mol. The summed E-state index contributed by atoms with van der Waals surface area (Å²) in [6, 6.07) is 6.78. The monoisotopic (exact) mass is 361 g/mol. The van der Waals surface area contributed by atoms with Gasteiger partial charge >= 0.3 is 0 Å². The van der Waals surface area contributed by atoms with Gasteiger partial charge in [-0.3, -0.25) is 0 Å². The Hall–Kier alpha value is -0.130. The second-order valence-electron chi connectivity index (χ2n) is 4.87. The molecule has 18 heavy (non-hydrogen) atoms. The highest BCUT2D eigenvalue weighted by molar-refractivity contribution is 14.1. The molecule has 0 saturated heterocycles. The van der Waals surface area contributed by atoms with Gasteiger partial charge in [0.05, 0.1) is 18.8 Å². The topological polar surface area (TPSA) is 21.3 Å². The maximum Gasteiger partial charge on any atom is 0.0665 e. The summed E-state index contributed by atoms with van der Waals surface area (Å²) in [4.78, 5) is 0. The lowest BCUT2D eigenvalue weighted by atomic mass is 10.0. The van der Waals surface area contributed by atoms with Crippen LogP contribution in [0, 0.1) is 10.5 Å². The number of nitrogens with one attached hydrogen (secondary N) is 1. The molecule has 0 aliphatic rings. The third-order valence-electron chi connectivity index (χ3n) is 2.83. The molecule has 1 aromatic carbocycles. The molecule has 0 fully saturated rings. The summed E-state index contributed by atoms with van der Waals surface area (Å²) in [6.07, 6.45) is 1.42. The molecule has 3 heteroatoms. The number of hydrogen-bond donors (Lipinski definition) is 1. The number of rotatable bonds is 7. The molecule has 2 nitrogen and oxygen atoms in total. The van der Waals surface area contributed by atoms with Crippen molar-refractivity contribution < 1.29 is 4.74 Å². The van der Waals surface area contributed by atoms with Crippen LogP contribution in [0.15, 0.2) is 18.2 Å². The van der Waals surface area contributed by atoms with E-state index >= 15 is 0 Å². The first-order valence-corrected chi connectivity index (χ1v) is 7.74. The molecule has 0 bridgehead atoms. The van der Waals surface area contributed by atoms with Crippen LogP contribution in [0.4, 0.5) is 0 Å². The van der Waals surface area contributed by atoms with E-state index in [0.717, 1.165) is 19.6 Å². The predicted octanol–water partition coefficient (Wildman–Crippen LogP) is 4.07. The smallest absolute Gasteiger partial charge is 0.0665 e. The molecule has 0 saturated carbocycles. The standard InChI is InChI=1S/C15H24INO/c1-5-9-17-14(10-18-11(2)3)13-8-6-7-12(4)15(13)16/h6-8,11,14,17H,5,9-10H2,1-4H3. The van der Waals surface area contributed by atoms with Gasteiger partial charge in [0.1, 0.15) is 0 Å². The van der Waals surface area contributed by atoms with Crippen molar-refractivity contribution in [3.63, 3.8) is 0 Å². The second-order valence-corrected chi connectivity index (χ2v) is 5.95. The van der Waals surface area contributed by atoms with Gasteiger partial charge in [-0.15, -0.1) is 0 Å². The molecule has 0 radical (unpaired) electrons. The molecule has 0 aromatic heterocycles. The molecule has 1 atom stereocenters. The highest BCUT2D eigenvalue weighted by atomic mass is 127. The molecule has 0 aliphatic heterocycles. The first kappa shape index (κ1) is 15.9. The van der Waals surface area contributed by atoms with Crippen LogP contribution in [0.2, 0.25) is 0 Å². The van der Waals surface area contributed by atoms with Gasteiger partial charge in [0.15, 0.2) is 0 Å². The number of halogens is 1. The van der Waals surface area contributed by atoms with Crippen LogP contribution in [0.1, 0.15) is 44.4 Å². The maximum absolute atomic E-state index is 5.78. The Labute approximate surface area is 125 Å². The predicted molar refractivity (Wildman–Crippen MR) is 86.0 cm³/mol. The average molecular weight is 361 g/mol. The molecule has 0 spiro atoms. The van der Waals surface area contributed by atoms with Crippen LogP contribution in [-0.4, -0.2) is 19.3 Å². The van der Waals surface area contributed by atoms with E-state index in [1.54, 1.807) is 0 Å². The van der Waals surface area contributed by atoms with Gasteiger partial charge in [-0.2, -0.15) is 0 Å². The highest BCUT2D eigenvalue weighted by Gasteiger charge is 2.15. The van der Waals surface area contributed by atoms with Crippen LogP contribution in [0.25, 0.3) is 0 Å². The third kappa shape index (κ3) is 4.86. The van der Waals surface area contributed by atoms with E-state index in [4.69, 9.17) is 4.74 Å². The van der Waals surface area contributed by atoms with Crippen LogP contribution in [0.3, 0.4) is 0 Å². The summed E-state index contributed by atoms with van der Waals surface area (Å²) in [5.74, 6) is 0. The van der Waals surface area contributed by atoms with Crippen molar-refractivity contribution in [2.24, 2.45) is 0 Å². The normalized spacial score (nSPS) is 13.0. The maximum atomic E-state index is 5.78. The number of aryl methyl sites for hydroxylation is 1. The van der Waals surface area contributed by atoms with Crippen molar-refractivity contribution in [2.45, 2.75) is 46.3 Å². The van der Waals surface area contributed by atoms with E-state index in [-0.39, 0.29) is 6.10 Å². The van der Waals surface area contributed by atoms with E-state index in [9.17, 15) is 0 Å². The van der Waals surface area contributed by atoms with Crippen LogP contribution in [-0.2, 0) is 4.74 Å². The van der Waals surface area contributed by atoms with Gasteiger partial charge in [0, 0.05) is 3.57 Å². The summed E-state index contributed by atoms with van der Waals surface area (Å²) in [5, 5.41) is 3.58. The zero-order chi connectivity index (χ0) is 13.5. The van der Waals surface area contributed by atoms with E-state index in [1.165, 1.54) is 14.7 Å². The molecule has 0 heterocycles. The molecule has 1 aromatic rings. The number of hydrogen-bond acceptors (Lipinski definition) is 2. The first-order valence-electron chi connectivity index (χ1n) is 6.66. The highest BCUT2D eigenvalue weighted by Crippen LogP contribution is 2.23. The number of benzene rings is 1. The Kier molecular flexibility index (Phi) is 7.19. The Morgan fingerprint density at radius 1 is 1.33 bits per heavy atom. The van der Waals surface area contributed by atoms with Crippen molar-refractivity contribution in [2.75, 3.05) is 13.2 Å². The average Bonchev–Trinajstić information content (AvgIpc) is 2.33. The minimum atomic E-state index is 0.276. The SMILES string of the molecule is CCCNC(COC(C)C)c1cccc(C)c1I. The minimum absolute atomic E-state index is 0.276. The Bertz CT molecular complexity index is 366. The van der Waals surface area contributed by atoms with Gasteiger partial charge in [-0.05, 0) is 67.5 Å². The van der Waals surface area contributed by atoms with Gasteiger partial charge in [-0.25, -0.2) is 0 Å². The summed E-state index contributed by atoms with van der Waals surface area (Å²) in [6.45, 7) is 10.3. The van der Waals surface area contributed by atoms with Gasteiger partial charge < -0.3 is 10.1 Å². The Morgan fingerprint density at radius 3 is 2.67 bits per heavy atom. The van der Waals surface area contributed by atoms with Crippen molar-refractivity contribution in [3.8, 4) is 0 Å². The zero-order valence-corrected chi connectivity index (χ0v) is 14.0. The van der Waals surface area contributed by atoms with Crippen LogP contribution >= 0.6 is 22.6 Å². The quantitative estimate of drug-likeness (QED) is 0.740. The van der Waals surface area contributed by atoms with Gasteiger partial charge in [0.25, 0.3) is 0 Å². The molecule has 1 unspecified atom stereocenters. The van der Waals surface area contributed by atoms with Gasteiger partial charge in [-0.1, -0.05) is 25.1 Å². The molecule has 1 N–H and O–H groups in total. The van der Waals surface area contributed by atoms with E-state index in [2.05, 4.69) is 73.8 Å². The largest absolute Gasteiger partial charge is 0.377 e. The summed E-state index contributed by atoms with van der Waals surface area (Å²) in [7, 11) is 0. The molecule has 1 rings (SSSR count). The van der Waals surface area contributed by atoms with E-state index < -0.39 is 0 Å². The fourth-order valence-corrected chi connectivity index (χ4v) is 2.54. The Balaban J connectivity index is 2.83. The zero-order valence-electron chi connectivity index (χ0n) is 11.8. The lowest BCUT2D eigenvalue weighted by molar-refractivity contribution is 0.0610. The van der Waals surface area contributed by atoms with Crippen molar-refractivity contribution >= 4 is 22.6 Å². The fraction of sp³-hybridized carbons (Fsp3) is 0.600. The Morgan fingerprint density at radius 2 is 2.06 bits per heavy atom.